The highest BCUT2D eigenvalue weighted by Gasteiger charge is 2.30. The van der Waals surface area contributed by atoms with Gasteiger partial charge in [-0.15, -0.1) is 0 Å². The first-order chi connectivity index (χ1) is 10.9. The first-order valence-electron chi connectivity index (χ1n) is 6.56. The highest BCUT2D eigenvalue weighted by atomic mass is 19.4. The van der Waals surface area contributed by atoms with E-state index >= 15 is 0 Å². The molecule has 0 aliphatic heterocycles. The Balaban J connectivity index is 1.97. The Bertz CT molecular complexity index is 772. The molecule has 2 nitrogen and oxygen atoms in total. The number of carbonyl (C=O) groups is 1. The van der Waals surface area contributed by atoms with Crippen molar-refractivity contribution >= 4 is 5.91 Å². The van der Waals surface area contributed by atoms with Crippen molar-refractivity contribution in [3.63, 3.8) is 0 Å². The minimum Gasteiger partial charge on any atom is -0.341 e. The second kappa shape index (κ2) is 6.97. The molecule has 118 valence electrons. The van der Waals surface area contributed by atoms with Gasteiger partial charge in [0.1, 0.15) is 5.82 Å². The van der Waals surface area contributed by atoms with Crippen LogP contribution in [0.5, 0.6) is 0 Å². The van der Waals surface area contributed by atoms with Gasteiger partial charge in [0.05, 0.1) is 12.1 Å². The van der Waals surface area contributed by atoms with Crippen molar-refractivity contribution in [2.45, 2.75) is 6.18 Å². The zero-order valence-electron chi connectivity index (χ0n) is 11.7. The van der Waals surface area contributed by atoms with E-state index in [9.17, 15) is 22.4 Å². The predicted molar refractivity (Wildman–Crippen MR) is 77.1 cm³/mol. The molecule has 0 bridgehead atoms. The highest BCUT2D eigenvalue weighted by Crippen LogP contribution is 2.29. The van der Waals surface area contributed by atoms with Gasteiger partial charge in [-0.2, -0.15) is 13.2 Å². The Hall–Kier alpha value is -2.81. The van der Waals surface area contributed by atoms with Crippen LogP contribution < -0.4 is 5.32 Å². The molecule has 2 aromatic rings. The molecule has 0 saturated carbocycles. The van der Waals surface area contributed by atoms with Crippen LogP contribution in [0.3, 0.4) is 0 Å². The third-order valence-electron chi connectivity index (χ3n) is 2.85. The van der Waals surface area contributed by atoms with E-state index in [1.54, 1.807) is 0 Å². The summed E-state index contributed by atoms with van der Waals surface area (Å²) in [7, 11) is 0. The fourth-order valence-corrected chi connectivity index (χ4v) is 1.78. The van der Waals surface area contributed by atoms with Crippen LogP contribution in [-0.2, 0) is 6.18 Å². The summed E-state index contributed by atoms with van der Waals surface area (Å²) in [6.45, 7) is -0.0639. The Morgan fingerprint density at radius 1 is 1.09 bits per heavy atom. The minimum atomic E-state index is -4.43. The average molecular weight is 321 g/mol. The highest BCUT2D eigenvalue weighted by molar-refractivity contribution is 5.94. The van der Waals surface area contributed by atoms with Crippen molar-refractivity contribution in [2.75, 3.05) is 6.54 Å². The summed E-state index contributed by atoms with van der Waals surface area (Å²) in [6, 6.07) is 9.73. The summed E-state index contributed by atoms with van der Waals surface area (Å²) >= 11 is 0. The van der Waals surface area contributed by atoms with E-state index in [1.807, 2.05) is 0 Å². The van der Waals surface area contributed by atoms with Crippen LogP contribution in [-0.4, -0.2) is 12.5 Å². The van der Waals surface area contributed by atoms with Gasteiger partial charge in [0.15, 0.2) is 0 Å². The van der Waals surface area contributed by atoms with Gasteiger partial charge < -0.3 is 5.32 Å². The normalized spacial score (nSPS) is 10.6. The lowest BCUT2D eigenvalue weighted by Crippen LogP contribution is -2.23. The van der Waals surface area contributed by atoms with Crippen molar-refractivity contribution < 1.29 is 22.4 Å². The Kier molecular flexibility index (Phi) is 5.02. The van der Waals surface area contributed by atoms with Crippen LogP contribution in [0.15, 0.2) is 48.5 Å². The van der Waals surface area contributed by atoms with Gasteiger partial charge in [-0.3, -0.25) is 4.79 Å². The third-order valence-corrected chi connectivity index (χ3v) is 2.85. The van der Waals surface area contributed by atoms with Crippen LogP contribution >= 0.6 is 0 Å². The fourth-order valence-electron chi connectivity index (χ4n) is 1.78. The zero-order valence-corrected chi connectivity index (χ0v) is 11.7. The molecular formula is C17H11F4NO. The number of hydrogen-bond acceptors (Lipinski definition) is 1. The lowest BCUT2D eigenvalue weighted by atomic mass is 10.1. The van der Waals surface area contributed by atoms with Gasteiger partial charge in [-0.1, -0.05) is 24.0 Å². The summed E-state index contributed by atoms with van der Waals surface area (Å²) in [5, 5.41) is 2.44. The standard InChI is InChI=1S/C17H11F4NO/c18-15-8-2-6-13(11-15)16(23)22-9-3-5-12-4-1-7-14(10-12)17(19,20)21/h1-2,4,6-8,10-11H,9H2,(H,22,23). The van der Waals surface area contributed by atoms with Crippen LogP contribution in [0, 0.1) is 17.7 Å². The molecule has 0 aliphatic rings. The first kappa shape index (κ1) is 16.6. The van der Waals surface area contributed by atoms with E-state index in [-0.39, 0.29) is 17.7 Å². The van der Waals surface area contributed by atoms with E-state index in [1.165, 1.54) is 30.3 Å². The average Bonchev–Trinajstić information content (AvgIpc) is 2.51. The monoisotopic (exact) mass is 321 g/mol. The number of rotatable bonds is 2. The van der Waals surface area contributed by atoms with Gasteiger partial charge in [-0.25, -0.2) is 4.39 Å². The molecule has 2 aromatic carbocycles. The minimum absolute atomic E-state index is 0.0639. The van der Waals surface area contributed by atoms with Gasteiger partial charge in [-0.05, 0) is 36.4 Å². The fraction of sp³-hybridized carbons (Fsp3) is 0.118. The molecule has 0 radical (unpaired) electrons. The molecule has 1 N–H and O–H groups in total. The van der Waals surface area contributed by atoms with E-state index in [4.69, 9.17) is 0 Å². The Morgan fingerprint density at radius 3 is 2.52 bits per heavy atom. The van der Waals surface area contributed by atoms with Gasteiger partial charge in [0.25, 0.3) is 5.91 Å². The molecule has 1 amide bonds. The molecular weight excluding hydrogens is 310 g/mol. The van der Waals surface area contributed by atoms with E-state index in [0.29, 0.717) is 0 Å². The van der Waals surface area contributed by atoms with E-state index < -0.39 is 23.5 Å². The topological polar surface area (TPSA) is 29.1 Å². The van der Waals surface area contributed by atoms with Crippen molar-refractivity contribution in [1.82, 2.24) is 5.32 Å². The van der Waals surface area contributed by atoms with Crippen LogP contribution in [0.2, 0.25) is 0 Å². The number of carbonyl (C=O) groups excluding carboxylic acids is 1. The van der Waals surface area contributed by atoms with Crippen LogP contribution in [0.1, 0.15) is 21.5 Å². The molecule has 0 spiro atoms. The van der Waals surface area contributed by atoms with Gasteiger partial charge in [0, 0.05) is 11.1 Å². The maximum Gasteiger partial charge on any atom is 0.416 e. The predicted octanol–water partition coefficient (Wildman–Crippen LogP) is 3.63. The first-order valence-corrected chi connectivity index (χ1v) is 6.56. The zero-order chi connectivity index (χ0) is 16.9. The van der Waals surface area contributed by atoms with Crippen LogP contribution in [0.4, 0.5) is 17.6 Å². The molecule has 0 aliphatic carbocycles. The number of hydrogen-bond donors (Lipinski definition) is 1. The summed E-state index contributed by atoms with van der Waals surface area (Å²) in [5.74, 6) is 4.04. The molecule has 0 atom stereocenters. The molecule has 0 saturated heterocycles. The summed E-state index contributed by atoms with van der Waals surface area (Å²) in [5.41, 5.74) is -0.446. The SMILES string of the molecule is O=C(NCC#Cc1cccc(C(F)(F)F)c1)c1cccc(F)c1. The Labute approximate surface area is 130 Å². The van der Waals surface area contributed by atoms with Crippen LogP contribution in [0.25, 0.3) is 0 Å². The molecule has 0 aromatic heterocycles. The maximum atomic E-state index is 13.0. The quantitative estimate of drug-likeness (QED) is 0.664. The molecule has 0 heterocycles. The summed E-state index contributed by atoms with van der Waals surface area (Å²) in [6.07, 6.45) is -4.43. The summed E-state index contributed by atoms with van der Waals surface area (Å²) < 4.78 is 50.6. The lowest BCUT2D eigenvalue weighted by molar-refractivity contribution is -0.137. The number of halogens is 4. The Morgan fingerprint density at radius 2 is 1.83 bits per heavy atom. The summed E-state index contributed by atoms with van der Waals surface area (Å²) in [4.78, 5) is 11.7. The lowest BCUT2D eigenvalue weighted by Gasteiger charge is -2.05. The second-order valence-electron chi connectivity index (χ2n) is 4.57. The van der Waals surface area contributed by atoms with Crippen molar-refractivity contribution in [3.05, 3.63) is 71.0 Å². The van der Waals surface area contributed by atoms with E-state index in [2.05, 4.69) is 17.2 Å². The smallest absolute Gasteiger partial charge is 0.341 e. The number of alkyl halides is 3. The van der Waals surface area contributed by atoms with Crippen molar-refractivity contribution in [2.24, 2.45) is 0 Å². The van der Waals surface area contributed by atoms with Gasteiger partial charge >= 0.3 is 6.18 Å². The third kappa shape index (κ3) is 4.85. The molecule has 6 heteroatoms. The van der Waals surface area contributed by atoms with E-state index in [0.717, 1.165) is 18.2 Å². The largest absolute Gasteiger partial charge is 0.416 e. The van der Waals surface area contributed by atoms with Crippen molar-refractivity contribution in [1.29, 1.82) is 0 Å². The second-order valence-corrected chi connectivity index (χ2v) is 4.57. The molecule has 23 heavy (non-hydrogen) atoms. The number of amides is 1. The number of nitrogens with one attached hydrogen (secondary N) is 1. The maximum absolute atomic E-state index is 13.0. The number of benzene rings is 2. The molecule has 2 rings (SSSR count). The van der Waals surface area contributed by atoms with Crippen molar-refractivity contribution in [3.8, 4) is 11.8 Å². The molecule has 0 fully saturated rings. The molecule has 0 unspecified atom stereocenters. The van der Waals surface area contributed by atoms with Gasteiger partial charge in [0.2, 0.25) is 0 Å².